The summed E-state index contributed by atoms with van der Waals surface area (Å²) >= 11 is 0. The van der Waals surface area contributed by atoms with Gasteiger partial charge in [0.1, 0.15) is 11.6 Å². The van der Waals surface area contributed by atoms with Crippen LogP contribution in [0.3, 0.4) is 0 Å². The summed E-state index contributed by atoms with van der Waals surface area (Å²) in [5.74, 6) is -0.875. The lowest BCUT2D eigenvalue weighted by Gasteiger charge is -2.18. The van der Waals surface area contributed by atoms with Gasteiger partial charge in [-0.1, -0.05) is 0 Å². The van der Waals surface area contributed by atoms with Gasteiger partial charge in [0.15, 0.2) is 5.78 Å². The van der Waals surface area contributed by atoms with Crippen LogP contribution in [0.15, 0.2) is 12.1 Å². The van der Waals surface area contributed by atoms with Crippen molar-refractivity contribution in [2.24, 2.45) is 0 Å². The summed E-state index contributed by atoms with van der Waals surface area (Å²) in [6.45, 7) is 0.423. The van der Waals surface area contributed by atoms with Crippen LogP contribution in [0.4, 0.5) is 10.1 Å². The SMILES string of the molecule is O=C1CCNc2c(F)ccc(O)c21. The molecule has 1 aliphatic rings. The highest BCUT2D eigenvalue weighted by atomic mass is 19.1. The van der Waals surface area contributed by atoms with Gasteiger partial charge in [-0.3, -0.25) is 4.79 Å². The van der Waals surface area contributed by atoms with E-state index in [0.717, 1.165) is 6.07 Å². The maximum Gasteiger partial charge on any atom is 0.170 e. The molecule has 0 bridgehead atoms. The van der Waals surface area contributed by atoms with Gasteiger partial charge in [-0.05, 0) is 12.1 Å². The van der Waals surface area contributed by atoms with Crippen LogP contribution in [0.5, 0.6) is 5.75 Å². The molecule has 0 fully saturated rings. The topological polar surface area (TPSA) is 49.3 Å². The third-order valence-corrected chi connectivity index (χ3v) is 2.07. The molecular weight excluding hydrogens is 173 g/mol. The lowest BCUT2D eigenvalue weighted by molar-refractivity contribution is 0.0980. The third kappa shape index (κ3) is 1.14. The van der Waals surface area contributed by atoms with Gasteiger partial charge in [0, 0.05) is 13.0 Å². The minimum Gasteiger partial charge on any atom is -0.507 e. The number of aromatic hydroxyl groups is 1. The van der Waals surface area contributed by atoms with Crippen LogP contribution < -0.4 is 5.32 Å². The molecule has 1 heterocycles. The van der Waals surface area contributed by atoms with Crippen molar-refractivity contribution in [3.63, 3.8) is 0 Å². The largest absolute Gasteiger partial charge is 0.507 e. The molecule has 2 rings (SSSR count). The second-order valence-corrected chi connectivity index (χ2v) is 2.92. The van der Waals surface area contributed by atoms with E-state index in [1.807, 2.05) is 0 Å². The van der Waals surface area contributed by atoms with Crippen molar-refractivity contribution < 1.29 is 14.3 Å². The molecule has 0 aromatic heterocycles. The smallest absolute Gasteiger partial charge is 0.170 e. The highest BCUT2D eigenvalue weighted by Crippen LogP contribution is 2.31. The summed E-state index contributed by atoms with van der Waals surface area (Å²) in [5, 5.41) is 12.1. The molecule has 13 heavy (non-hydrogen) atoms. The summed E-state index contributed by atoms with van der Waals surface area (Å²) in [6.07, 6.45) is 0.296. The van der Waals surface area contributed by atoms with Crippen LogP contribution in [0, 0.1) is 5.82 Å². The zero-order valence-electron chi connectivity index (χ0n) is 6.80. The van der Waals surface area contributed by atoms with E-state index in [1.165, 1.54) is 6.07 Å². The third-order valence-electron chi connectivity index (χ3n) is 2.07. The van der Waals surface area contributed by atoms with E-state index in [1.54, 1.807) is 0 Å². The Balaban J connectivity index is 2.67. The van der Waals surface area contributed by atoms with Crippen LogP contribution in [0.2, 0.25) is 0 Å². The molecule has 1 aromatic carbocycles. The number of hydrogen-bond acceptors (Lipinski definition) is 3. The lowest BCUT2D eigenvalue weighted by Crippen LogP contribution is -2.19. The summed E-state index contributed by atoms with van der Waals surface area (Å²) in [4.78, 5) is 11.3. The molecule has 0 radical (unpaired) electrons. The minimum atomic E-state index is -0.499. The fourth-order valence-electron chi connectivity index (χ4n) is 1.45. The van der Waals surface area contributed by atoms with E-state index in [9.17, 15) is 14.3 Å². The number of halogens is 1. The predicted octanol–water partition coefficient (Wildman–Crippen LogP) is 1.53. The molecule has 0 saturated carbocycles. The molecule has 0 unspecified atom stereocenters. The second kappa shape index (κ2) is 2.73. The molecule has 1 aromatic rings. The van der Waals surface area contributed by atoms with Crippen molar-refractivity contribution in [2.75, 3.05) is 11.9 Å². The fourth-order valence-corrected chi connectivity index (χ4v) is 1.45. The van der Waals surface area contributed by atoms with Crippen molar-refractivity contribution in [3.05, 3.63) is 23.5 Å². The number of phenols is 1. The highest BCUT2D eigenvalue weighted by molar-refractivity contribution is 6.05. The van der Waals surface area contributed by atoms with Crippen LogP contribution in [-0.4, -0.2) is 17.4 Å². The van der Waals surface area contributed by atoms with Crippen molar-refractivity contribution in [2.45, 2.75) is 6.42 Å². The van der Waals surface area contributed by atoms with Gasteiger partial charge in [-0.25, -0.2) is 4.39 Å². The maximum absolute atomic E-state index is 13.1. The molecule has 0 atom stereocenters. The molecule has 0 spiro atoms. The number of fused-ring (bicyclic) bond motifs is 1. The Hall–Kier alpha value is -1.58. The Morgan fingerprint density at radius 1 is 1.46 bits per heavy atom. The van der Waals surface area contributed by atoms with Crippen molar-refractivity contribution in [1.82, 2.24) is 0 Å². The predicted molar refractivity (Wildman–Crippen MR) is 45.5 cm³/mol. The first-order valence-electron chi connectivity index (χ1n) is 3.98. The monoisotopic (exact) mass is 181 g/mol. The van der Waals surface area contributed by atoms with Gasteiger partial charge < -0.3 is 10.4 Å². The molecule has 68 valence electrons. The minimum absolute atomic E-state index is 0.0752. The van der Waals surface area contributed by atoms with E-state index < -0.39 is 5.82 Å². The van der Waals surface area contributed by atoms with E-state index in [-0.39, 0.29) is 22.8 Å². The summed E-state index contributed by atoms with van der Waals surface area (Å²) < 4.78 is 13.1. The van der Waals surface area contributed by atoms with E-state index in [2.05, 4.69) is 5.32 Å². The Morgan fingerprint density at radius 3 is 2.92 bits per heavy atom. The average molecular weight is 181 g/mol. The van der Waals surface area contributed by atoms with Crippen molar-refractivity contribution >= 4 is 11.5 Å². The number of phenolic OH excluding ortho intramolecular Hbond substituents is 1. The molecule has 0 aliphatic carbocycles. The number of carbonyl (C=O) groups excluding carboxylic acids is 1. The molecule has 4 heteroatoms. The van der Waals surface area contributed by atoms with Gasteiger partial charge >= 0.3 is 0 Å². The number of rotatable bonds is 0. The lowest BCUT2D eigenvalue weighted by atomic mass is 10.0. The van der Waals surface area contributed by atoms with Gasteiger partial charge in [0.05, 0.1) is 11.3 Å². The van der Waals surface area contributed by atoms with Crippen molar-refractivity contribution in [3.8, 4) is 5.75 Å². The number of benzene rings is 1. The van der Waals surface area contributed by atoms with Gasteiger partial charge in [0.25, 0.3) is 0 Å². The standard InChI is InChI=1S/C9H8FNO2/c10-5-1-2-6(12)8-7(13)3-4-11-9(5)8/h1-2,11-12H,3-4H2. The zero-order chi connectivity index (χ0) is 9.42. The normalized spacial score (nSPS) is 15.0. The molecule has 1 aliphatic heterocycles. The van der Waals surface area contributed by atoms with Crippen molar-refractivity contribution in [1.29, 1.82) is 0 Å². The molecule has 0 amide bonds. The Kier molecular flexibility index (Phi) is 1.69. The second-order valence-electron chi connectivity index (χ2n) is 2.92. The number of carbonyl (C=O) groups is 1. The Bertz CT molecular complexity index is 376. The van der Waals surface area contributed by atoms with Gasteiger partial charge in [0.2, 0.25) is 0 Å². The first-order chi connectivity index (χ1) is 6.20. The quantitative estimate of drug-likeness (QED) is 0.638. The molecule has 3 nitrogen and oxygen atoms in total. The molecular formula is C9H8FNO2. The number of hydrogen-bond donors (Lipinski definition) is 2. The van der Waals surface area contributed by atoms with Crippen LogP contribution in [0.25, 0.3) is 0 Å². The number of nitrogens with one attached hydrogen (secondary N) is 1. The maximum atomic E-state index is 13.1. The van der Waals surface area contributed by atoms with Crippen LogP contribution >= 0.6 is 0 Å². The van der Waals surface area contributed by atoms with E-state index >= 15 is 0 Å². The average Bonchev–Trinajstić information content (AvgIpc) is 2.12. The molecule has 0 saturated heterocycles. The van der Waals surface area contributed by atoms with Gasteiger partial charge in [-0.2, -0.15) is 0 Å². The van der Waals surface area contributed by atoms with Crippen LogP contribution in [0.1, 0.15) is 16.8 Å². The first-order valence-corrected chi connectivity index (χ1v) is 3.98. The number of ketones is 1. The first kappa shape index (κ1) is 8.04. The number of anilines is 1. The zero-order valence-corrected chi connectivity index (χ0v) is 6.80. The highest BCUT2D eigenvalue weighted by Gasteiger charge is 2.23. The summed E-state index contributed by atoms with van der Waals surface area (Å²) in [5.41, 5.74) is 0.197. The fraction of sp³-hybridized carbons (Fsp3) is 0.222. The molecule has 2 N–H and O–H groups in total. The summed E-state index contributed by atoms with van der Waals surface area (Å²) in [6, 6.07) is 2.33. The van der Waals surface area contributed by atoms with Gasteiger partial charge in [-0.15, -0.1) is 0 Å². The number of Topliss-reactive ketones (excluding diaryl/α,β-unsaturated/α-hetero) is 1. The Morgan fingerprint density at radius 2 is 2.23 bits per heavy atom. The summed E-state index contributed by atoms with van der Waals surface area (Å²) in [7, 11) is 0. The van der Waals surface area contributed by atoms with E-state index in [0.29, 0.717) is 13.0 Å². The Labute approximate surface area is 74.2 Å². The van der Waals surface area contributed by atoms with E-state index in [4.69, 9.17) is 0 Å². The van der Waals surface area contributed by atoms with Crippen LogP contribution in [-0.2, 0) is 0 Å².